The standard InChI is InChI=1S/C13H19NO3/c1-3-4-12(13(15)16)14-9-10-5-7-11(17-2)8-6-10/h5-8,12,14H,3-4,9H2,1-2H3,(H,15,16). The molecule has 2 N–H and O–H groups in total. The highest BCUT2D eigenvalue weighted by atomic mass is 16.5. The average molecular weight is 237 g/mol. The van der Waals surface area contributed by atoms with E-state index in [1.165, 1.54) is 0 Å². The molecule has 4 heteroatoms. The summed E-state index contributed by atoms with van der Waals surface area (Å²) in [6.45, 7) is 2.53. The molecule has 0 aliphatic heterocycles. The summed E-state index contributed by atoms with van der Waals surface area (Å²) in [7, 11) is 1.62. The minimum Gasteiger partial charge on any atom is -0.497 e. The minimum absolute atomic E-state index is 0.470. The molecule has 0 saturated carbocycles. The third-order valence-corrected chi connectivity index (χ3v) is 2.59. The van der Waals surface area contributed by atoms with Crippen LogP contribution in [-0.4, -0.2) is 24.2 Å². The number of carboxylic acids is 1. The maximum absolute atomic E-state index is 10.9. The molecule has 0 amide bonds. The van der Waals surface area contributed by atoms with E-state index in [0.29, 0.717) is 13.0 Å². The molecule has 0 fully saturated rings. The lowest BCUT2D eigenvalue weighted by atomic mass is 10.1. The number of aliphatic carboxylic acids is 1. The Morgan fingerprint density at radius 3 is 2.53 bits per heavy atom. The highest BCUT2D eigenvalue weighted by Crippen LogP contribution is 2.11. The van der Waals surface area contributed by atoms with Crippen LogP contribution >= 0.6 is 0 Å². The first kappa shape index (κ1) is 13.5. The summed E-state index contributed by atoms with van der Waals surface area (Å²) in [6.07, 6.45) is 1.50. The number of benzene rings is 1. The Morgan fingerprint density at radius 2 is 2.06 bits per heavy atom. The fourth-order valence-electron chi connectivity index (χ4n) is 1.59. The van der Waals surface area contributed by atoms with Gasteiger partial charge in [-0.05, 0) is 24.1 Å². The Hall–Kier alpha value is -1.55. The first-order chi connectivity index (χ1) is 8.17. The van der Waals surface area contributed by atoms with Gasteiger partial charge in [0, 0.05) is 6.54 Å². The van der Waals surface area contributed by atoms with E-state index in [1.807, 2.05) is 31.2 Å². The van der Waals surface area contributed by atoms with Crippen LogP contribution in [0.3, 0.4) is 0 Å². The van der Waals surface area contributed by atoms with Crippen LogP contribution in [0.5, 0.6) is 5.75 Å². The number of methoxy groups -OCH3 is 1. The average Bonchev–Trinajstić information content (AvgIpc) is 2.34. The molecule has 1 aromatic rings. The van der Waals surface area contributed by atoms with Crippen molar-refractivity contribution >= 4 is 5.97 Å². The smallest absolute Gasteiger partial charge is 0.320 e. The lowest BCUT2D eigenvalue weighted by Gasteiger charge is -2.13. The molecule has 17 heavy (non-hydrogen) atoms. The van der Waals surface area contributed by atoms with Crippen LogP contribution in [0.1, 0.15) is 25.3 Å². The zero-order valence-corrected chi connectivity index (χ0v) is 10.3. The van der Waals surface area contributed by atoms with E-state index >= 15 is 0 Å². The minimum atomic E-state index is -0.791. The van der Waals surface area contributed by atoms with Crippen molar-refractivity contribution in [3.8, 4) is 5.75 Å². The van der Waals surface area contributed by atoms with Crippen molar-refractivity contribution in [1.82, 2.24) is 5.32 Å². The molecular formula is C13H19NO3. The largest absolute Gasteiger partial charge is 0.497 e. The third-order valence-electron chi connectivity index (χ3n) is 2.59. The second-order valence-electron chi connectivity index (χ2n) is 3.91. The summed E-state index contributed by atoms with van der Waals surface area (Å²) in [5.41, 5.74) is 1.05. The fourth-order valence-corrected chi connectivity index (χ4v) is 1.59. The summed E-state index contributed by atoms with van der Waals surface area (Å²) >= 11 is 0. The number of hydrogen-bond acceptors (Lipinski definition) is 3. The van der Waals surface area contributed by atoms with Crippen molar-refractivity contribution in [3.63, 3.8) is 0 Å². The summed E-state index contributed by atoms with van der Waals surface area (Å²) < 4.78 is 5.06. The Kier molecular flexibility index (Phi) is 5.49. The Balaban J connectivity index is 2.50. The van der Waals surface area contributed by atoms with Gasteiger partial charge in [-0.3, -0.25) is 4.79 Å². The van der Waals surface area contributed by atoms with Crippen molar-refractivity contribution in [2.75, 3.05) is 7.11 Å². The molecule has 1 aromatic carbocycles. The SMILES string of the molecule is CCCC(NCc1ccc(OC)cc1)C(=O)O. The van der Waals surface area contributed by atoms with Crippen LogP contribution in [0.25, 0.3) is 0 Å². The first-order valence-electron chi connectivity index (χ1n) is 5.76. The Labute approximate surface area is 102 Å². The lowest BCUT2D eigenvalue weighted by Crippen LogP contribution is -2.35. The topological polar surface area (TPSA) is 58.6 Å². The van der Waals surface area contributed by atoms with Gasteiger partial charge in [0.25, 0.3) is 0 Å². The summed E-state index contributed by atoms with van der Waals surface area (Å²) in [6, 6.07) is 7.12. The molecule has 0 radical (unpaired) electrons. The normalized spacial score (nSPS) is 12.1. The van der Waals surface area contributed by atoms with Gasteiger partial charge >= 0.3 is 5.97 Å². The highest BCUT2D eigenvalue weighted by molar-refractivity contribution is 5.73. The summed E-state index contributed by atoms with van der Waals surface area (Å²) in [5, 5.41) is 12.0. The third kappa shape index (κ3) is 4.44. The number of carbonyl (C=O) groups is 1. The van der Waals surface area contributed by atoms with Crippen LogP contribution in [-0.2, 0) is 11.3 Å². The Morgan fingerprint density at radius 1 is 1.41 bits per heavy atom. The van der Waals surface area contributed by atoms with E-state index in [9.17, 15) is 4.79 Å². The molecule has 4 nitrogen and oxygen atoms in total. The van der Waals surface area contributed by atoms with E-state index in [0.717, 1.165) is 17.7 Å². The van der Waals surface area contributed by atoms with Gasteiger partial charge in [-0.1, -0.05) is 25.5 Å². The molecule has 0 saturated heterocycles. The molecule has 1 rings (SSSR count). The van der Waals surface area contributed by atoms with Crippen molar-refractivity contribution in [2.24, 2.45) is 0 Å². The van der Waals surface area contributed by atoms with Crippen molar-refractivity contribution < 1.29 is 14.6 Å². The predicted molar refractivity (Wildman–Crippen MR) is 66.2 cm³/mol. The van der Waals surface area contributed by atoms with Crippen LogP contribution in [0.4, 0.5) is 0 Å². The second-order valence-corrected chi connectivity index (χ2v) is 3.91. The van der Waals surface area contributed by atoms with Crippen molar-refractivity contribution in [1.29, 1.82) is 0 Å². The van der Waals surface area contributed by atoms with Crippen LogP contribution in [0, 0.1) is 0 Å². The van der Waals surface area contributed by atoms with E-state index in [1.54, 1.807) is 7.11 Å². The number of nitrogens with one attached hydrogen (secondary N) is 1. The zero-order chi connectivity index (χ0) is 12.7. The van der Waals surface area contributed by atoms with E-state index < -0.39 is 12.0 Å². The maximum atomic E-state index is 10.9. The second kappa shape index (κ2) is 6.91. The van der Waals surface area contributed by atoms with Gasteiger partial charge in [-0.15, -0.1) is 0 Å². The molecule has 0 aliphatic carbocycles. The van der Waals surface area contributed by atoms with Crippen LogP contribution < -0.4 is 10.1 Å². The van der Waals surface area contributed by atoms with Gasteiger partial charge in [0.1, 0.15) is 11.8 Å². The van der Waals surface area contributed by atoms with E-state index in [-0.39, 0.29) is 0 Å². The summed E-state index contributed by atoms with van der Waals surface area (Å²) in [5.74, 6) is 0.0115. The highest BCUT2D eigenvalue weighted by Gasteiger charge is 2.14. The van der Waals surface area contributed by atoms with Crippen LogP contribution in [0.15, 0.2) is 24.3 Å². The monoisotopic (exact) mass is 237 g/mol. The van der Waals surface area contributed by atoms with Gasteiger partial charge < -0.3 is 15.2 Å². The van der Waals surface area contributed by atoms with Gasteiger partial charge in [-0.2, -0.15) is 0 Å². The van der Waals surface area contributed by atoms with Gasteiger partial charge in [0.15, 0.2) is 0 Å². The molecule has 0 bridgehead atoms. The van der Waals surface area contributed by atoms with Crippen molar-refractivity contribution in [3.05, 3.63) is 29.8 Å². The molecular weight excluding hydrogens is 218 g/mol. The number of ether oxygens (including phenoxy) is 1. The number of rotatable bonds is 7. The molecule has 0 heterocycles. The summed E-state index contributed by atoms with van der Waals surface area (Å²) in [4.78, 5) is 10.9. The van der Waals surface area contributed by atoms with E-state index in [4.69, 9.17) is 9.84 Å². The molecule has 0 aromatic heterocycles. The van der Waals surface area contributed by atoms with E-state index in [2.05, 4.69) is 5.32 Å². The molecule has 1 unspecified atom stereocenters. The maximum Gasteiger partial charge on any atom is 0.320 e. The molecule has 1 atom stereocenters. The number of hydrogen-bond donors (Lipinski definition) is 2. The molecule has 0 spiro atoms. The number of carboxylic acid groups (broad SMARTS) is 1. The molecule has 94 valence electrons. The van der Waals surface area contributed by atoms with Gasteiger partial charge in [0.05, 0.1) is 7.11 Å². The fraction of sp³-hybridized carbons (Fsp3) is 0.462. The lowest BCUT2D eigenvalue weighted by molar-refractivity contribution is -0.139. The zero-order valence-electron chi connectivity index (χ0n) is 10.3. The van der Waals surface area contributed by atoms with Gasteiger partial charge in [0.2, 0.25) is 0 Å². The van der Waals surface area contributed by atoms with Crippen molar-refractivity contribution in [2.45, 2.75) is 32.4 Å². The quantitative estimate of drug-likeness (QED) is 0.762. The predicted octanol–water partition coefficient (Wildman–Crippen LogP) is 2.04. The Bertz CT molecular complexity index is 348. The first-order valence-corrected chi connectivity index (χ1v) is 5.76. The van der Waals surface area contributed by atoms with Gasteiger partial charge in [-0.25, -0.2) is 0 Å². The molecule has 0 aliphatic rings. The van der Waals surface area contributed by atoms with Crippen LogP contribution in [0.2, 0.25) is 0 Å².